The predicted octanol–water partition coefficient (Wildman–Crippen LogP) is 3.13. The number of benzene rings is 1. The summed E-state index contributed by atoms with van der Waals surface area (Å²) >= 11 is 0. The maximum Gasteiger partial charge on any atom is 0.0416 e. The Kier molecular flexibility index (Phi) is 4.35. The van der Waals surface area contributed by atoms with Crippen molar-refractivity contribution in [2.24, 2.45) is 0 Å². The van der Waals surface area contributed by atoms with Crippen LogP contribution in [-0.2, 0) is 13.1 Å². The Labute approximate surface area is 134 Å². The van der Waals surface area contributed by atoms with Gasteiger partial charge in [0.25, 0.3) is 0 Å². The summed E-state index contributed by atoms with van der Waals surface area (Å²) in [5.41, 5.74) is 4.71. The summed E-state index contributed by atoms with van der Waals surface area (Å²) in [4.78, 5) is 5.35. The van der Waals surface area contributed by atoms with Crippen molar-refractivity contribution in [1.29, 1.82) is 0 Å². The third-order valence-corrected chi connectivity index (χ3v) is 5.78. The molecule has 2 fully saturated rings. The predicted molar refractivity (Wildman–Crippen MR) is 92.3 cm³/mol. The first-order valence-corrected chi connectivity index (χ1v) is 9.22. The molecule has 0 unspecified atom stereocenters. The molecule has 3 heteroatoms. The fourth-order valence-corrected chi connectivity index (χ4v) is 4.51. The summed E-state index contributed by atoms with van der Waals surface area (Å²) in [7, 11) is 0. The fourth-order valence-electron chi connectivity index (χ4n) is 4.51. The molecular weight excluding hydrogens is 270 g/mol. The molecule has 4 rings (SSSR count). The number of nitrogens with zero attached hydrogens (tertiary/aromatic N) is 2. The summed E-state index contributed by atoms with van der Waals surface area (Å²) in [6.07, 6.45) is 8.59. The molecule has 0 aromatic heterocycles. The molecule has 1 saturated carbocycles. The zero-order chi connectivity index (χ0) is 14.8. The van der Waals surface area contributed by atoms with Crippen molar-refractivity contribution in [3.8, 4) is 0 Å². The van der Waals surface area contributed by atoms with Crippen LogP contribution in [0.25, 0.3) is 0 Å². The molecular formula is C19H29N3. The number of rotatable bonds is 2. The van der Waals surface area contributed by atoms with E-state index in [-0.39, 0.29) is 0 Å². The van der Waals surface area contributed by atoms with E-state index in [0.29, 0.717) is 0 Å². The maximum absolute atomic E-state index is 3.47. The van der Waals surface area contributed by atoms with Crippen molar-refractivity contribution in [3.05, 3.63) is 29.3 Å². The quantitative estimate of drug-likeness (QED) is 0.847. The minimum absolute atomic E-state index is 0.825. The Hall–Kier alpha value is -1.06. The second-order valence-corrected chi connectivity index (χ2v) is 7.20. The molecule has 0 amide bonds. The first-order chi connectivity index (χ1) is 10.9. The highest BCUT2D eigenvalue weighted by molar-refractivity contribution is 5.58. The van der Waals surface area contributed by atoms with Gasteiger partial charge in [0.1, 0.15) is 0 Å². The Morgan fingerprint density at radius 3 is 2.45 bits per heavy atom. The van der Waals surface area contributed by atoms with E-state index in [2.05, 4.69) is 33.3 Å². The highest BCUT2D eigenvalue weighted by Gasteiger charge is 2.29. The SMILES string of the molecule is c1cc2c(c(N3CCNCC3)c1)CN(C1CCCCCC1)C2. The van der Waals surface area contributed by atoms with Gasteiger partial charge in [-0.3, -0.25) is 4.90 Å². The lowest BCUT2D eigenvalue weighted by molar-refractivity contribution is 0.181. The summed E-state index contributed by atoms with van der Waals surface area (Å²) < 4.78 is 0. The van der Waals surface area contributed by atoms with Crippen molar-refractivity contribution in [2.75, 3.05) is 31.1 Å². The standard InChI is InChI=1S/C19H29N3/c1-2-4-8-17(7-3-1)22-14-16-6-5-9-19(18(16)15-22)21-12-10-20-11-13-21/h5-6,9,17,20H,1-4,7-8,10-15H2. The number of hydrogen-bond donors (Lipinski definition) is 1. The van der Waals surface area contributed by atoms with Gasteiger partial charge in [-0.05, 0) is 30.0 Å². The smallest absolute Gasteiger partial charge is 0.0416 e. The van der Waals surface area contributed by atoms with Gasteiger partial charge in [0, 0.05) is 51.0 Å². The number of nitrogens with one attached hydrogen (secondary N) is 1. The van der Waals surface area contributed by atoms with Gasteiger partial charge in [-0.25, -0.2) is 0 Å². The van der Waals surface area contributed by atoms with Crippen molar-refractivity contribution in [3.63, 3.8) is 0 Å². The maximum atomic E-state index is 3.47. The third-order valence-electron chi connectivity index (χ3n) is 5.78. The molecule has 22 heavy (non-hydrogen) atoms. The Morgan fingerprint density at radius 1 is 0.909 bits per heavy atom. The first kappa shape index (κ1) is 14.5. The molecule has 0 atom stereocenters. The number of fused-ring (bicyclic) bond motifs is 1. The second kappa shape index (κ2) is 6.59. The van der Waals surface area contributed by atoms with Crippen molar-refractivity contribution in [2.45, 2.75) is 57.7 Å². The van der Waals surface area contributed by atoms with Gasteiger partial charge in [0.05, 0.1) is 0 Å². The highest BCUT2D eigenvalue weighted by atomic mass is 15.2. The molecule has 120 valence electrons. The number of anilines is 1. The van der Waals surface area contributed by atoms with Gasteiger partial charge in [-0.2, -0.15) is 0 Å². The van der Waals surface area contributed by atoms with E-state index in [1.165, 1.54) is 57.3 Å². The topological polar surface area (TPSA) is 18.5 Å². The van der Waals surface area contributed by atoms with Gasteiger partial charge in [-0.1, -0.05) is 37.8 Å². The molecule has 2 aliphatic heterocycles. The summed E-state index contributed by atoms with van der Waals surface area (Å²) in [6, 6.07) is 7.80. The monoisotopic (exact) mass is 299 g/mol. The minimum Gasteiger partial charge on any atom is -0.369 e. The largest absolute Gasteiger partial charge is 0.369 e. The summed E-state index contributed by atoms with van der Waals surface area (Å²) in [5.74, 6) is 0. The summed E-state index contributed by atoms with van der Waals surface area (Å²) in [5, 5.41) is 3.47. The summed E-state index contributed by atoms with van der Waals surface area (Å²) in [6.45, 7) is 6.91. The average molecular weight is 299 g/mol. The average Bonchev–Trinajstić information content (AvgIpc) is 2.82. The molecule has 1 saturated heterocycles. The fraction of sp³-hybridized carbons (Fsp3) is 0.684. The number of hydrogen-bond acceptors (Lipinski definition) is 3. The van der Waals surface area contributed by atoms with Crippen molar-refractivity contribution < 1.29 is 0 Å². The van der Waals surface area contributed by atoms with Gasteiger partial charge in [0.15, 0.2) is 0 Å². The lowest BCUT2D eigenvalue weighted by atomic mass is 10.1. The molecule has 1 aromatic carbocycles. The van der Waals surface area contributed by atoms with Crippen LogP contribution in [0.4, 0.5) is 5.69 Å². The zero-order valence-electron chi connectivity index (χ0n) is 13.7. The van der Waals surface area contributed by atoms with E-state index >= 15 is 0 Å². The molecule has 3 aliphatic rings. The van der Waals surface area contributed by atoms with E-state index < -0.39 is 0 Å². The van der Waals surface area contributed by atoms with Crippen LogP contribution in [0.1, 0.15) is 49.7 Å². The first-order valence-electron chi connectivity index (χ1n) is 9.22. The molecule has 0 spiro atoms. The van der Waals surface area contributed by atoms with Gasteiger partial charge in [0.2, 0.25) is 0 Å². The molecule has 2 heterocycles. The molecule has 1 aromatic rings. The Morgan fingerprint density at radius 2 is 1.68 bits per heavy atom. The zero-order valence-corrected chi connectivity index (χ0v) is 13.7. The van der Waals surface area contributed by atoms with E-state index in [0.717, 1.165) is 32.2 Å². The van der Waals surface area contributed by atoms with Crippen LogP contribution in [0, 0.1) is 0 Å². The van der Waals surface area contributed by atoms with Gasteiger partial charge in [-0.15, -0.1) is 0 Å². The van der Waals surface area contributed by atoms with Crippen molar-refractivity contribution in [1.82, 2.24) is 10.2 Å². The van der Waals surface area contributed by atoms with E-state index in [9.17, 15) is 0 Å². The van der Waals surface area contributed by atoms with Crippen LogP contribution < -0.4 is 10.2 Å². The molecule has 0 bridgehead atoms. The number of piperazine rings is 1. The Balaban J connectivity index is 1.52. The van der Waals surface area contributed by atoms with E-state index in [1.54, 1.807) is 11.1 Å². The normalized spacial score (nSPS) is 24.3. The van der Waals surface area contributed by atoms with Crippen LogP contribution in [0.3, 0.4) is 0 Å². The molecule has 1 N–H and O–H groups in total. The molecule has 0 radical (unpaired) electrons. The van der Waals surface area contributed by atoms with Gasteiger partial charge >= 0.3 is 0 Å². The third kappa shape index (κ3) is 2.89. The Bertz CT molecular complexity index is 499. The molecule has 1 aliphatic carbocycles. The van der Waals surface area contributed by atoms with Crippen LogP contribution in [0.15, 0.2) is 18.2 Å². The van der Waals surface area contributed by atoms with Crippen LogP contribution >= 0.6 is 0 Å². The highest BCUT2D eigenvalue weighted by Crippen LogP contribution is 2.35. The van der Waals surface area contributed by atoms with Gasteiger partial charge < -0.3 is 10.2 Å². The van der Waals surface area contributed by atoms with Crippen LogP contribution in [-0.4, -0.2) is 37.1 Å². The molecule has 3 nitrogen and oxygen atoms in total. The lowest BCUT2D eigenvalue weighted by Gasteiger charge is -2.31. The van der Waals surface area contributed by atoms with Crippen LogP contribution in [0.2, 0.25) is 0 Å². The lowest BCUT2D eigenvalue weighted by Crippen LogP contribution is -2.44. The van der Waals surface area contributed by atoms with E-state index in [1.807, 2.05) is 0 Å². The van der Waals surface area contributed by atoms with E-state index in [4.69, 9.17) is 0 Å². The van der Waals surface area contributed by atoms with Crippen LogP contribution in [0.5, 0.6) is 0 Å². The van der Waals surface area contributed by atoms with Crippen molar-refractivity contribution >= 4 is 5.69 Å². The second-order valence-electron chi connectivity index (χ2n) is 7.20. The minimum atomic E-state index is 0.825.